The Kier molecular flexibility index (Phi) is 14.9. The Morgan fingerprint density at radius 3 is 1.12 bits per heavy atom. The molecule has 0 saturated carbocycles. The maximum absolute atomic E-state index is 11.6. The second kappa shape index (κ2) is 16.4. The average Bonchev–Trinajstić information content (AvgIpc) is 2.79. The van der Waals surface area contributed by atoms with Crippen molar-refractivity contribution in [3.8, 4) is 11.5 Å². The van der Waals surface area contributed by atoms with E-state index in [1.165, 1.54) is 24.3 Å². The Morgan fingerprint density at radius 1 is 0.634 bits per heavy atom. The number of rotatable bonds is 8. The third kappa shape index (κ3) is 16.8. The number of amides is 2. The monoisotopic (exact) mass is 626 g/mol. The summed E-state index contributed by atoms with van der Waals surface area (Å²) in [4.78, 5) is 45.5. The van der Waals surface area contributed by atoms with E-state index in [1.807, 2.05) is 0 Å². The average molecular weight is 628 g/mol. The Hall–Kier alpha value is -3.86. The van der Waals surface area contributed by atoms with E-state index >= 15 is 0 Å². The zero-order valence-electron chi connectivity index (χ0n) is 24.1. The third-order valence-corrected chi connectivity index (χ3v) is 4.73. The molecule has 0 aliphatic heterocycles. The van der Waals surface area contributed by atoms with E-state index in [0.29, 0.717) is 11.1 Å². The van der Waals surface area contributed by atoms with Gasteiger partial charge in [-0.1, -0.05) is 24.3 Å². The summed E-state index contributed by atoms with van der Waals surface area (Å²) in [7, 11) is 0. The van der Waals surface area contributed by atoms with Gasteiger partial charge in [0.2, 0.25) is 0 Å². The fraction of sp³-hybridized carbons (Fsp3) is 0.429. The van der Waals surface area contributed by atoms with Gasteiger partial charge < -0.3 is 40.5 Å². The predicted molar refractivity (Wildman–Crippen MR) is 145 cm³/mol. The number of carboxylic acid groups (broad SMARTS) is 2. The van der Waals surface area contributed by atoms with Crippen molar-refractivity contribution in [1.82, 2.24) is 10.6 Å². The van der Waals surface area contributed by atoms with Gasteiger partial charge in [-0.25, -0.2) is 19.2 Å². The number of alkyl carbamates (subject to hydrolysis) is 2. The van der Waals surface area contributed by atoms with Gasteiger partial charge in [-0.05, 0) is 76.9 Å². The molecule has 41 heavy (non-hydrogen) atoms. The fourth-order valence-corrected chi connectivity index (χ4v) is 3.04. The number of hydrogen-bond acceptors (Lipinski definition) is 8. The van der Waals surface area contributed by atoms with Gasteiger partial charge in [0.25, 0.3) is 0 Å². The summed E-state index contributed by atoms with van der Waals surface area (Å²) in [6.07, 6.45) is -1.34. The van der Waals surface area contributed by atoms with Crippen LogP contribution in [0, 0.1) is 0 Å². The molecule has 0 radical (unpaired) electrons. The standard InChI is InChI=1S/2C14H19NO5.Zn/c2*1-14(2,3)20-13(19)15-11(12(17)18)8-9-4-6-10(16)7-5-9;/h2*4-7,11,16H,8H2,1-3H3,(H,15,19)(H,17,18);/t2*11-;/m00./s1. The molecule has 0 spiro atoms. The van der Waals surface area contributed by atoms with Crippen LogP contribution in [-0.4, -0.2) is 67.8 Å². The quantitative estimate of drug-likeness (QED) is 0.234. The number of aliphatic carboxylic acids is 2. The van der Waals surface area contributed by atoms with E-state index in [4.69, 9.17) is 29.9 Å². The summed E-state index contributed by atoms with van der Waals surface area (Å²) < 4.78 is 10.0. The molecule has 6 N–H and O–H groups in total. The van der Waals surface area contributed by atoms with Crippen molar-refractivity contribution in [2.45, 2.75) is 77.7 Å². The topological polar surface area (TPSA) is 192 Å². The van der Waals surface area contributed by atoms with E-state index in [1.54, 1.807) is 65.8 Å². The first-order valence-electron chi connectivity index (χ1n) is 12.3. The Bertz CT molecular complexity index is 1050. The number of phenolic OH excluding ortho intramolecular Hbond substituents is 2. The van der Waals surface area contributed by atoms with Gasteiger partial charge in [-0.2, -0.15) is 0 Å². The van der Waals surface area contributed by atoms with Gasteiger partial charge in [-0.3, -0.25) is 0 Å². The van der Waals surface area contributed by atoms with Crippen LogP contribution >= 0.6 is 0 Å². The van der Waals surface area contributed by atoms with Crippen molar-refractivity contribution in [2.24, 2.45) is 0 Å². The SMILES string of the molecule is CC(C)(C)OC(=O)N[C@@H](Cc1ccc(O)cc1)C(=O)O.CC(C)(C)OC(=O)N[C@@H](Cc1ccc(O)cc1)C(=O)O.[Zn]. The molecule has 12 nitrogen and oxygen atoms in total. The van der Waals surface area contributed by atoms with Gasteiger partial charge in [-0.15, -0.1) is 0 Å². The smallest absolute Gasteiger partial charge is 0.408 e. The van der Waals surface area contributed by atoms with Crippen molar-refractivity contribution in [2.75, 3.05) is 0 Å². The first-order chi connectivity index (χ1) is 18.3. The summed E-state index contributed by atoms with van der Waals surface area (Å²) in [5.41, 5.74) is -0.00493. The van der Waals surface area contributed by atoms with Crippen LogP contribution in [0.2, 0.25) is 0 Å². The fourth-order valence-electron chi connectivity index (χ4n) is 3.04. The molecule has 0 fully saturated rings. The number of aromatic hydroxyl groups is 2. The molecular formula is C28H38N2O10Zn. The molecule has 0 saturated heterocycles. The second-order valence-electron chi connectivity index (χ2n) is 10.8. The van der Waals surface area contributed by atoms with Crippen molar-refractivity contribution < 1.29 is 68.6 Å². The summed E-state index contributed by atoms with van der Waals surface area (Å²) in [5, 5.41) is 41.2. The zero-order chi connectivity index (χ0) is 30.7. The van der Waals surface area contributed by atoms with Crippen LogP contribution in [0.25, 0.3) is 0 Å². The maximum atomic E-state index is 11.6. The van der Waals surface area contributed by atoms with E-state index < -0.39 is 47.4 Å². The first kappa shape index (κ1) is 37.1. The molecule has 0 aliphatic rings. The molecular weight excluding hydrogens is 590 g/mol. The summed E-state index contributed by atoms with van der Waals surface area (Å²) in [6.45, 7) is 10.2. The Balaban J connectivity index is 0.000000762. The molecule has 2 aromatic rings. The number of hydrogen-bond donors (Lipinski definition) is 6. The minimum atomic E-state index is -1.15. The summed E-state index contributed by atoms with van der Waals surface area (Å²) in [5.74, 6) is -2.10. The van der Waals surface area contributed by atoms with Crippen molar-refractivity contribution in [3.63, 3.8) is 0 Å². The van der Waals surface area contributed by atoms with Gasteiger partial charge in [0.15, 0.2) is 0 Å². The number of ether oxygens (including phenoxy) is 2. The molecule has 2 amide bonds. The van der Waals surface area contributed by atoms with Crippen LogP contribution in [0.15, 0.2) is 48.5 Å². The van der Waals surface area contributed by atoms with Crippen LogP contribution in [0.5, 0.6) is 11.5 Å². The van der Waals surface area contributed by atoms with Crippen molar-refractivity contribution in [3.05, 3.63) is 59.7 Å². The molecule has 2 rings (SSSR count). The Labute approximate surface area is 251 Å². The molecule has 0 bridgehead atoms. The summed E-state index contributed by atoms with van der Waals surface area (Å²) in [6, 6.07) is 10.1. The summed E-state index contributed by atoms with van der Waals surface area (Å²) >= 11 is 0. The molecule has 0 unspecified atom stereocenters. The molecule has 13 heteroatoms. The number of nitrogens with one attached hydrogen (secondary N) is 2. The number of carbonyl (C=O) groups excluding carboxylic acids is 2. The molecule has 222 valence electrons. The number of carboxylic acids is 2. The predicted octanol–water partition coefficient (Wildman–Crippen LogP) is 3.82. The molecule has 2 aromatic carbocycles. The Morgan fingerprint density at radius 2 is 0.902 bits per heavy atom. The van der Waals surface area contributed by atoms with E-state index in [2.05, 4.69) is 10.6 Å². The molecule has 0 aromatic heterocycles. The van der Waals surface area contributed by atoms with Crippen LogP contribution in [-0.2, 0) is 51.4 Å². The normalized spacial score (nSPS) is 12.2. The van der Waals surface area contributed by atoms with Crippen molar-refractivity contribution >= 4 is 24.1 Å². The van der Waals surface area contributed by atoms with Gasteiger partial charge in [0.05, 0.1) is 0 Å². The first-order valence-corrected chi connectivity index (χ1v) is 12.3. The number of carbonyl (C=O) groups is 4. The minimum absolute atomic E-state index is 0. The van der Waals surface area contributed by atoms with E-state index in [0.717, 1.165) is 0 Å². The van der Waals surface area contributed by atoms with E-state index in [-0.39, 0.29) is 43.8 Å². The van der Waals surface area contributed by atoms with Gasteiger partial charge >= 0.3 is 24.1 Å². The zero-order valence-corrected chi connectivity index (χ0v) is 27.1. The maximum Gasteiger partial charge on any atom is 0.408 e. The number of phenols is 2. The molecule has 0 heterocycles. The minimum Gasteiger partial charge on any atom is -0.508 e. The second-order valence-corrected chi connectivity index (χ2v) is 10.8. The molecule has 2 atom stereocenters. The van der Waals surface area contributed by atoms with Crippen molar-refractivity contribution in [1.29, 1.82) is 0 Å². The number of benzene rings is 2. The van der Waals surface area contributed by atoms with E-state index in [9.17, 15) is 19.2 Å². The van der Waals surface area contributed by atoms with Crippen LogP contribution in [0.4, 0.5) is 9.59 Å². The van der Waals surface area contributed by atoms with Crippen LogP contribution in [0.3, 0.4) is 0 Å². The van der Waals surface area contributed by atoms with Crippen LogP contribution in [0.1, 0.15) is 52.7 Å². The molecule has 0 aliphatic carbocycles. The van der Waals surface area contributed by atoms with Gasteiger partial charge in [0, 0.05) is 32.3 Å². The van der Waals surface area contributed by atoms with Crippen LogP contribution < -0.4 is 10.6 Å². The van der Waals surface area contributed by atoms with Gasteiger partial charge in [0.1, 0.15) is 34.8 Å². The largest absolute Gasteiger partial charge is 0.508 e. The third-order valence-electron chi connectivity index (χ3n) is 4.73.